The van der Waals surface area contributed by atoms with Crippen LogP contribution in [0.15, 0.2) is 29.8 Å². The number of nitrogens with one attached hydrogen (secondary N) is 3. The molecule has 0 saturated carbocycles. The second-order valence-electron chi connectivity index (χ2n) is 7.23. The summed E-state index contributed by atoms with van der Waals surface area (Å²) in [5.74, 6) is 0.0934. The lowest BCUT2D eigenvalue weighted by Crippen LogP contribution is -2.47. The number of thiophene rings is 1. The summed E-state index contributed by atoms with van der Waals surface area (Å²) < 4.78 is 5.26. The maximum Gasteiger partial charge on any atom is 0.427 e. The van der Waals surface area contributed by atoms with Gasteiger partial charge >= 0.3 is 6.09 Å². The van der Waals surface area contributed by atoms with Crippen LogP contribution in [0.4, 0.5) is 4.79 Å². The summed E-state index contributed by atoms with van der Waals surface area (Å²) in [7, 11) is 0. The normalized spacial score (nSPS) is 16.3. The van der Waals surface area contributed by atoms with E-state index in [2.05, 4.69) is 27.2 Å². The fourth-order valence-electron chi connectivity index (χ4n) is 3.35. The molecule has 0 aliphatic carbocycles. The topological polar surface area (TPSA) is 95.6 Å². The van der Waals surface area contributed by atoms with Gasteiger partial charge in [0.05, 0.1) is 6.04 Å². The van der Waals surface area contributed by atoms with Gasteiger partial charge in [-0.2, -0.15) is 0 Å². The SMILES string of the molecule is CCCNNC(=O)Oc1cc(CCc2ccc(C3CNCCN3C(C)=O)cn2)cs1. The van der Waals surface area contributed by atoms with Crippen LogP contribution in [-0.2, 0) is 17.6 Å². The molecule has 8 nitrogen and oxygen atoms in total. The number of aromatic nitrogens is 1. The molecule has 3 rings (SSSR count). The third kappa shape index (κ3) is 6.25. The highest BCUT2D eigenvalue weighted by Gasteiger charge is 2.25. The van der Waals surface area contributed by atoms with E-state index < -0.39 is 6.09 Å². The molecular weight excluding hydrogens is 402 g/mol. The molecule has 3 N–H and O–H groups in total. The molecule has 1 fully saturated rings. The molecule has 1 unspecified atom stereocenters. The first kappa shape index (κ1) is 22.2. The fourth-order valence-corrected chi connectivity index (χ4v) is 4.14. The predicted molar refractivity (Wildman–Crippen MR) is 116 cm³/mol. The number of hydrogen-bond acceptors (Lipinski definition) is 7. The third-order valence-electron chi connectivity index (χ3n) is 4.94. The highest BCUT2D eigenvalue weighted by Crippen LogP contribution is 2.25. The Morgan fingerprint density at radius 3 is 2.97 bits per heavy atom. The number of hydrazine groups is 1. The maximum absolute atomic E-state index is 11.9. The standard InChI is InChI=1S/C21H29N5O3S/c1-3-8-24-25-21(28)29-20-11-16(14-30-20)4-6-18-7-5-17(12-23-18)19-13-22-9-10-26(19)15(2)27/h5,7,11-12,14,19,22,24H,3-4,6,8-10,13H2,1-2H3,(H,25,28). The second kappa shape index (κ2) is 11.1. The molecule has 0 aromatic carbocycles. The Kier molecular flexibility index (Phi) is 8.18. The molecule has 1 atom stereocenters. The highest BCUT2D eigenvalue weighted by atomic mass is 32.1. The minimum absolute atomic E-state index is 0.0346. The number of carbonyl (C=O) groups is 2. The lowest BCUT2D eigenvalue weighted by atomic mass is 10.0. The number of amides is 2. The molecule has 1 aliphatic heterocycles. The van der Waals surface area contributed by atoms with Crippen molar-refractivity contribution in [2.45, 2.75) is 39.2 Å². The summed E-state index contributed by atoms with van der Waals surface area (Å²) in [4.78, 5) is 30.0. The van der Waals surface area contributed by atoms with Gasteiger partial charge in [-0.25, -0.2) is 10.2 Å². The Hall–Kier alpha value is -2.49. The first-order valence-corrected chi connectivity index (χ1v) is 11.2. The van der Waals surface area contributed by atoms with Crippen molar-refractivity contribution in [1.29, 1.82) is 0 Å². The van der Waals surface area contributed by atoms with Gasteiger partial charge < -0.3 is 15.0 Å². The van der Waals surface area contributed by atoms with Crippen molar-refractivity contribution in [2.75, 3.05) is 26.2 Å². The van der Waals surface area contributed by atoms with Crippen molar-refractivity contribution in [3.05, 3.63) is 46.6 Å². The van der Waals surface area contributed by atoms with E-state index >= 15 is 0 Å². The third-order valence-corrected chi connectivity index (χ3v) is 5.79. The van der Waals surface area contributed by atoms with Crippen molar-refractivity contribution in [2.24, 2.45) is 0 Å². The maximum atomic E-state index is 11.9. The number of piperazine rings is 1. The van der Waals surface area contributed by atoms with E-state index in [4.69, 9.17) is 4.74 Å². The molecule has 2 aromatic rings. The van der Waals surface area contributed by atoms with Gasteiger partial charge in [0.1, 0.15) is 0 Å². The molecular formula is C21H29N5O3S. The van der Waals surface area contributed by atoms with Crippen molar-refractivity contribution in [3.8, 4) is 5.06 Å². The van der Waals surface area contributed by atoms with Gasteiger partial charge in [0.25, 0.3) is 0 Å². The first-order chi connectivity index (χ1) is 14.6. The molecule has 2 amide bonds. The summed E-state index contributed by atoms with van der Waals surface area (Å²) in [5.41, 5.74) is 8.44. The smallest absolute Gasteiger partial charge is 0.398 e. The Morgan fingerprint density at radius 2 is 2.23 bits per heavy atom. The number of carbonyl (C=O) groups excluding carboxylic acids is 2. The molecule has 1 aliphatic rings. The molecule has 3 heterocycles. The van der Waals surface area contributed by atoms with E-state index in [0.29, 0.717) is 11.6 Å². The van der Waals surface area contributed by atoms with Gasteiger partial charge in [-0.3, -0.25) is 15.2 Å². The van der Waals surface area contributed by atoms with Crippen LogP contribution in [0.5, 0.6) is 5.06 Å². The van der Waals surface area contributed by atoms with Crippen molar-refractivity contribution in [3.63, 3.8) is 0 Å². The Labute approximate surface area is 181 Å². The van der Waals surface area contributed by atoms with Crippen molar-refractivity contribution in [1.82, 2.24) is 26.1 Å². The first-order valence-electron chi connectivity index (χ1n) is 10.3. The van der Waals surface area contributed by atoms with Crippen LogP contribution in [0.2, 0.25) is 0 Å². The molecule has 30 heavy (non-hydrogen) atoms. The molecule has 0 bridgehead atoms. The van der Waals surface area contributed by atoms with Crippen LogP contribution in [0, 0.1) is 0 Å². The van der Waals surface area contributed by atoms with Gasteiger partial charge in [-0.05, 0) is 47.9 Å². The minimum atomic E-state index is -0.508. The van der Waals surface area contributed by atoms with Gasteiger partial charge in [0, 0.05) is 45.0 Å². The molecule has 0 radical (unpaired) electrons. The highest BCUT2D eigenvalue weighted by molar-refractivity contribution is 7.12. The van der Waals surface area contributed by atoms with E-state index in [1.54, 1.807) is 6.92 Å². The summed E-state index contributed by atoms with van der Waals surface area (Å²) in [5, 5.41) is 5.91. The van der Waals surface area contributed by atoms with Gasteiger partial charge in [-0.15, -0.1) is 11.3 Å². The van der Waals surface area contributed by atoms with Crippen molar-refractivity contribution < 1.29 is 14.3 Å². The molecule has 2 aromatic heterocycles. The lowest BCUT2D eigenvalue weighted by molar-refractivity contribution is -0.132. The summed E-state index contributed by atoms with van der Waals surface area (Å²) in [6.45, 7) is 6.62. The molecule has 0 spiro atoms. The zero-order valence-electron chi connectivity index (χ0n) is 17.4. The van der Waals surface area contributed by atoms with Crippen LogP contribution in [0.3, 0.4) is 0 Å². The number of nitrogens with zero attached hydrogens (tertiary/aromatic N) is 2. The molecule has 162 valence electrons. The lowest BCUT2D eigenvalue weighted by Gasteiger charge is -2.35. The molecule has 1 saturated heterocycles. The average Bonchev–Trinajstić information content (AvgIpc) is 3.20. The minimum Gasteiger partial charge on any atom is -0.398 e. The van der Waals surface area contributed by atoms with Crippen LogP contribution >= 0.6 is 11.3 Å². The van der Waals surface area contributed by atoms with E-state index in [1.807, 2.05) is 35.5 Å². The van der Waals surface area contributed by atoms with Crippen LogP contribution in [-0.4, -0.2) is 48.1 Å². The Morgan fingerprint density at radius 1 is 1.37 bits per heavy atom. The van der Waals surface area contributed by atoms with E-state index in [-0.39, 0.29) is 11.9 Å². The molecule has 9 heteroatoms. The average molecular weight is 432 g/mol. The van der Waals surface area contributed by atoms with Gasteiger partial charge in [0.15, 0.2) is 5.06 Å². The summed E-state index contributed by atoms with van der Waals surface area (Å²) >= 11 is 1.40. The predicted octanol–water partition coefficient (Wildman–Crippen LogP) is 2.42. The fraction of sp³-hybridized carbons (Fsp3) is 0.476. The van der Waals surface area contributed by atoms with Crippen LogP contribution in [0.1, 0.15) is 43.1 Å². The van der Waals surface area contributed by atoms with E-state index in [9.17, 15) is 9.59 Å². The summed E-state index contributed by atoms with van der Waals surface area (Å²) in [6.07, 6.45) is 3.89. The number of ether oxygens (including phenoxy) is 1. The van der Waals surface area contributed by atoms with Crippen LogP contribution < -0.4 is 20.9 Å². The number of hydrogen-bond donors (Lipinski definition) is 3. The van der Waals surface area contributed by atoms with Crippen molar-refractivity contribution >= 4 is 23.3 Å². The van der Waals surface area contributed by atoms with Gasteiger partial charge in [-0.1, -0.05) is 13.0 Å². The summed E-state index contributed by atoms with van der Waals surface area (Å²) in [6, 6.07) is 6.01. The van der Waals surface area contributed by atoms with Gasteiger partial charge in [0.2, 0.25) is 5.91 Å². The zero-order valence-corrected chi connectivity index (χ0v) is 18.3. The monoisotopic (exact) mass is 431 g/mol. The van der Waals surface area contributed by atoms with E-state index in [0.717, 1.165) is 55.7 Å². The Balaban J connectivity index is 1.50. The quantitative estimate of drug-likeness (QED) is 0.439. The van der Waals surface area contributed by atoms with E-state index in [1.165, 1.54) is 11.3 Å². The second-order valence-corrected chi connectivity index (χ2v) is 8.10. The largest absolute Gasteiger partial charge is 0.427 e. The van der Waals surface area contributed by atoms with Crippen LogP contribution in [0.25, 0.3) is 0 Å². The number of aryl methyl sites for hydroxylation is 2. The Bertz CT molecular complexity index is 839. The number of pyridine rings is 1. The zero-order chi connectivity index (χ0) is 21.3. The number of rotatable bonds is 8.